The lowest BCUT2D eigenvalue weighted by molar-refractivity contribution is -0.120. The van der Waals surface area contributed by atoms with Crippen LogP contribution >= 0.6 is 23.2 Å². The number of unbranched alkanes of at least 4 members (excludes halogenated alkanes) is 1. The van der Waals surface area contributed by atoms with E-state index < -0.39 is 23.6 Å². The second kappa shape index (κ2) is 9.28. The van der Waals surface area contributed by atoms with Gasteiger partial charge in [-0.05, 0) is 42.8 Å². The minimum Gasteiger partial charge on any atom is -0.462 e. The normalized spacial score (nSPS) is 13.8. The summed E-state index contributed by atoms with van der Waals surface area (Å²) < 4.78 is 18.6. The number of imide groups is 1. The van der Waals surface area contributed by atoms with Crippen molar-refractivity contribution in [2.24, 2.45) is 0 Å². The van der Waals surface area contributed by atoms with Gasteiger partial charge in [0.2, 0.25) is 0 Å². The Hall–Kier alpha value is -2.90. The summed E-state index contributed by atoms with van der Waals surface area (Å²) in [4.78, 5) is 38.2. The largest absolute Gasteiger partial charge is 0.462 e. The molecule has 0 saturated carbocycles. The Morgan fingerprint density at radius 2 is 1.90 bits per heavy atom. The van der Waals surface area contributed by atoms with Gasteiger partial charge in [0.25, 0.3) is 11.8 Å². The van der Waals surface area contributed by atoms with Crippen LogP contribution in [0.25, 0.3) is 0 Å². The standard InChI is InChI=1S/C21H17Cl2FN2O4/c1-2-3-9-30-21(29)12-5-4-6-13(10-12)25-18-17(23)19(27)26(20(18)28)14-7-8-16(24)15(22)11-14/h4-8,10-11,25H,2-3,9H2,1H3. The molecule has 30 heavy (non-hydrogen) atoms. The van der Waals surface area contributed by atoms with E-state index in [1.54, 1.807) is 18.2 Å². The number of esters is 1. The van der Waals surface area contributed by atoms with Crippen LogP contribution in [-0.2, 0) is 14.3 Å². The number of hydrogen-bond acceptors (Lipinski definition) is 5. The number of amides is 2. The van der Waals surface area contributed by atoms with Crippen molar-refractivity contribution in [2.45, 2.75) is 19.8 Å². The molecule has 0 atom stereocenters. The van der Waals surface area contributed by atoms with Crippen molar-refractivity contribution in [1.82, 2.24) is 0 Å². The van der Waals surface area contributed by atoms with Gasteiger partial charge in [0.1, 0.15) is 16.5 Å². The molecule has 0 saturated heterocycles. The highest BCUT2D eigenvalue weighted by molar-refractivity contribution is 6.53. The summed E-state index contributed by atoms with van der Waals surface area (Å²) in [5, 5.41) is 2.21. The number of halogens is 3. The van der Waals surface area contributed by atoms with Crippen molar-refractivity contribution in [3.8, 4) is 0 Å². The molecule has 2 aromatic rings. The number of carbonyl (C=O) groups excluding carboxylic acids is 3. The highest BCUT2D eigenvalue weighted by Crippen LogP contribution is 2.32. The summed E-state index contributed by atoms with van der Waals surface area (Å²) in [6.07, 6.45) is 1.65. The fraction of sp³-hybridized carbons (Fsp3) is 0.190. The van der Waals surface area contributed by atoms with E-state index in [2.05, 4.69) is 5.32 Å². The number of nitrogens with zero attached hydrogens (tertiary/aromatic N) is 1. The molecule has 2 aromatic carbocycles. The fourth-order valence-electron chi connectivity index (χ4n) is 2.73. The van der Waals surface area contributed by atoms with E-state index in [1.165, 1.54) is 12.1 Å². The second-order valence-corrected chi connectivity index (χ2v) is 7.21. The highest BCUT2D eigenvalue weighted by Gasteiger charge is 2.39. The number of carbonyl (C=O) groups is 3. The molecule has 0 radical (unpaired) electrons. The summed E-state index contributed by atoms with van der Waals surface area (Å²) in [6.45, 7) is 2.30. The first-order chi connectivity index (χ1) is 14.3. The second-order valence-electron chi connectivity index (χ2n) is 6.43. The van der Waals surface area contributed by atoms with E-state index in [4.69, 9.17) is 27.9 Å². The molecule has 6 nitrogen and oxygen atoms in total. The van der Waals surface area contributed by atoms with Crippen LogP contribution < -0.4 is 10.2 Å². The van der Waals surface area contributed by atoms with E-state index in [0.29, 0.717) is 12.3 Å². The first-order valence-corrected chi connectivity index (χ1v) is 9.87. The first kappa shape index (κ1) is 21.8. The van der Waals surface area contributed by atoms with E-state index in [1.807, 2.05) is 6.92 Å². The van der Waals surface area contributed by atoms with Gasteiger partial charge in [-0.3, -0.25) is 9.59 Å². The van der Waals surface area contributed by atoms with Gasteiger partial charge in [-0.2, -0.15) is 0 Å². The van der Waals surface area contributed by atoms with Crippen molar-refractivity contribution < 1.29 is 23.5 Å². The Labute approximate surface area is 182 Å². The number of ether oxygens (including phenoxy) is 1. The highest BCUT2D eigenvalue weighted by atomic mass is 35.5. The lowest BCUT2D eigenvalue weighted by atomic mass is 10.2. The van der Waals surface area contributed by atoms with Crippen LogP contribution in [0.2, 0.25) is 5.02 Å². The molecule has 3 rings (SSSR count). The monoisotopic (exact) mass is 450 g/mol. The molecule has 9 heteroatoms. The SMILES string of the molecule is CCCCOC(=O)c1cccc(NC2=C(Cl)C(=O)N(c3ccc(F)c(Cl)c3)C2=O)c1. The molecule has 1 heterocycles. The molecule has 2 amide bonds. The van der Waals surface area contributed by atoms with E-state index in [9.17, 15) is 18.8 Å². The predicted molar refractivity (Wildman–Crippen MR) is 112 cm³/mol. The van der Waals surface area contributed by atoms with E-state index >= 15 is 0 Å². The van der Waals surface area contributed by atoms with Gasteiger partial charge < -0.3 is 10.1 Å². The average Bonchev–Trinajstić information content (AvgIpc) is 2.94. The van der Waals surface area contributed by atoms with Crippen LogP contribution in [0.1, 0.15) is 30.1 Å². The Bertz CT molecular complexity index is 1060. The summed E-state index contributed by atoms with van der Waals surface area (Å²) in [6, 6.07) is 9.72. The number of anilines is 2. The zero-order chi connectivity index (χ0) is 21.8. The number of rotatable bonds is 7. The lowest BCUT2D eigenvalue weighted by Crippen LogP contribution is -2.32. The Morgan fingerprint density at radius 1 is 1.13 bits per heavy atom. The molecule has 0 fully saturated rings. The summed E-state index contributed by atoms with van der Waals surface area (Å²) >= 11 is 11.8. The van der Waals surface area contributed by atoms with E-state index in [-0.39, 0.29) is 27.0 Å². The third kappa shape index (κ3) is 4.47. The minimum atomic E-state index is -0.776. The van der Waals surface area contributed by atoms with Crippen molar-refractivity contribution >= 4 is 52.4 Å². The Balaban J connectivity index is 1.80. The smallest absolute Gasteiger partial charge is 0.338 e. The molecule has 0 bridgehead atoms. The number of hydrogen-bond donors (Lipinski definition) is 1. The fourth-order valence-corrected chi connectivity index (χ4v) is 3.12. The van der Waals surface area contributed by atoms with E-state index in [0.717, 1.165) is 29.9 Å². The van der Waals surface area contributed by atoms with Gasteiger partial charge in [0, 0.05) is 5.69 Å². The molecule has 156 valence electrons. The predicted octanol–water partition coefficient (Wildman–Crippen LogP) is 4.87. The van der Waals surface area contributed by atoms with Gasteiger partial charge in [0.15, 0.2) is 0 Å². The van der Waals surface area contributed by atoms with Crippen molar-refractivity contribution in [2.75, 3.05) is 16.8 Å². The van der Waals surface area contributed by atoms with Gasteiger partial charge in [-0.25, -0.2) is 14.1 Å². The maximum Gasteiger partial charge on any atom is 0.338 e. The zero-order valence-corrected chi connectivity index (χ0v) is 17.4. The lowest BCUT2D eigenvalue weighted by Gasteiger charge is -2.15. The van der Waals surface area contributed by atoms with Crippen LogP contribution in [0.4, 0.5) is 15.8 Å². The maximum absolute atomic E-state index is 13.4. The van der Waals surface area contributed by atoms with Gasteiger partial charge in [-0.15, -0.1) is 0 Å². The number of nitrogens with one attached hydrogen (secondary N) is 1. The van der Waals surface area contributed by atoms with Crippen LogP contribution in [0, 0.1) is 5.82 Å². The number of benzene rings is 2. The third-order valence-corrected chi connectivity index (χ3v) is 4.93. The zero-order valence-electron chi connectivity index (χ0n) is 15.9. The molecule has 0 spiro atoms. The Kier molecular flexibility index (Phi) is 6.74. The van der Waals surface area contributed by atoms with Gasteiger partial charge in [0.05, 0.1) is 22.9 Å². The molecular formula is C21H17Cl2FN2O4. The minimum absolute atomic E-state index is 0.0830. The van der Waals surface area contributed by atoms with Gasteiger partial charge >= 0.3 is 5.97 Å². The first-order valence-electron chi connectivity index (χ1n) is 9.11. The van der Waals surface area contributed by atoms with Crippen LogP contribution in [0.3, 0.4) is 0 Å². The molecule has 1 aliphatic heterocycles. The van der Waals surface area contributed by atoms with Crippen LogP contribution in [0.5, 0.6) is 0 Å². The summed E-state index contributed by atoms with van der Waals surface area (Å²) in [5.41, 5.74) is 0.568. The molecule has 1 aliphatic rings. The third-order valence-electron chi connectivity index (χ3n) is 4.29. The topological polar surface area (TPSA) is 75.7 Å². The van der Waals surface area contributed by atoms with Crippen LogP contribution in [0.15, 0.2) is 53.2 Å². The molecule has 0 aliphatic carbocycles. The average molecular weight is 451 g/mol. The summed E-state index contributed by atoms with van der Waals surface area (Å²) in [7, 11) is 0. The van der Waals surface area contributed by atoms with Crippen molar-refractivity contribution in [1.29, 1.82) is 0 Å². The molecule has 0 unspecified atom stereocenters. The van der Waals surface area contributed by atoms with Gasteiger partial charge in [-0.1, -0.05) is 42.6 Å². The van der Waals surface area contributed by atoms with Crippen molar-refractivity contribution in [3.63, 3.8) is 0 Å². The molecule has 0 aromatic heterocycles. The van der Waals surface area contributed by atoms with Crippen molar-refractivity contribution in [3.05, 3.63) is 69.6 Å². The Morgan fingerprint density at radius 3 is 2.60 bits per heavy atom. The maximum atomic E-state index is 13.4. The summed E-state index contributed by atoms with van der Waals surface area (Å²) in [5.74, 6) is -2.69. The molecular weight excluding hydrogens is 434 g/mol. The molecule has 1 N–H and O–H groups in total. The van der Waals surface area contributed by atoms with Crippen LogP contribution in [-0.4, -0.2) is 24.4 Å². The quantitative estimate of drug-likeness (QED) is 0.369.